The van der Waals surface area contributed by atoms with Gasteiger partial charge in [-0.2, -0.15) is 8.13 Å². The van der Waals surface area contributed by atoms with Crippen molar-refractivity contribution in [1.29, 1.82) is 0 Å². The highest BCUT2D eigenvalue weighted by Crippen LogP contribution is 2.43. The average Bonchev–Trinajstić information content (AvgIpc) is 2.93. The summed E-state index contributed by atoms with van der Waals surface area (Å²) in [5.74, 6) is 0.294. The van der Waals surface area contributed by atoms with Crippen LogP contribution in [-0.2, 0) is 4.74 Å². The molecule has 1 aromatic heterocycles. The first-order valence-corrected chi connectivity index (χ1v) is 9.10. The zero-order chi connectivity index (χ0) is 14.4. The van der Waals surface area contributed by atoms with Crippen LogP contribution in [0.2, 0.25) is 0 Å². The molecule has 1 aromatic rings. The number of H-pyrrole nitrogens is 1. The SMILES string of the molecule is Nc1nc2c(c(=O)[nH]1)N=IN2[C@@H]1O[C@H](CI)C(O)C1O. The molecule has 0 spiro atoms. The first kappa shape index (κ1) is 14.6. The number of aromatic amines is 1. The molecule has 2 aliphatic heterocycles. The van der Waals surface area contributed by atoms with Gasteiger partial charge in [0.1, 0.15) is 33.5 Å². The van der Waals surface area contributed by atoms with Crippen LogP contribution in [0.5, 0.6) is 0 Å². The zero-order valence-corrected chi connectivity index (χ0v) is 14.2. The minimum Gasteiger partial charge on any atom is -0.387 e. The van der Waals surface area contributed by atoms with Gasteiger partial charge in [-0.15, -0.1) is 0 Å². The van der Waals surface area contributed by atoms with E-state index in [-0.39, 0.29) is 11.6 Å². The number of aliphatic hydroxyl groups is 2. The fraction of sp³-hybridized carbons (Fsp3) is 0.556. The molecule has 2 unspecified atom stereocenters. The Labute approximate surface area is 137 Å². The Morgan fingerprint density at radius 3 is 2.90 bits per heavy atom. The van der Waals surface area contributed by atoms with Crippen LogP contribution in [0.3, 0.4) is 0 Å². The van der Waals surface area contributed by atoms with Crippen molar-refractivity contribution in [2.24, 2.45) is 3.15 Å². The molecule has 5 N–H and O–H groups in total. The summed E-state index contributed by atoms with van der Waals surface area (Å²) in [4.78, 5) is 18.2. The normalized spacial score (nSPS) is 32.2. The van der Waals surface area contributed by atoms with Crippen molar-refractivity contribution in [2.45, 2.75) is 24.5 Å². The van der Waals surface area contributed by atoms with Crippen molar-refractivity contribution >= 4 is 61.4 Å². The van der Waals surface area contributed by atoms with E-state index in [1.165, 1.54) is 0 Å². The second-order valence-corrected chi connectivity index (χ2v) is 7.13. The molecule has 0 aliphatic carbocycles. The van der Waals surface area contributed by atoms with Gasteiger partial charge in [-0.05, 0) is 0 Å². The van der Waals surface area contributed by atoms with Gasteiger partial charge >= 0.3 is 0 Å². The van der Waals surface area contributed by atoms with Gasteiger partial charge in [-0.3, -0.25) is 12.9 Å². The second-order valence-electron chi connectivity index (χ2n) is 4.30. The van der Waals surface area contributed by atoms with E-state index in [2.05, 4.69) is 35.7 Å². The standard InChI is InChI=1S/C9H11I2N5O4/c10-1-2-4(17)5(18)8(20-2)16-6-3(15-11-16)7(19)14-9(12)13-6/h2,4-5,8,17-18H,1H2,(H3,12,13,14,19)/t2-,4?,5?,8-/m1/s1. The van der Waals surface area contributed by atoms with E-state index in [0.717, 1.165) is 0 Å². The van der Waals surface area contributed by atoms with E-state index >= 15 is 0 Å². The molecule has 0 saturated carbocycles. The maximum Gasteiger partial charge on any atom is 0.280 e. The Hall–Kier alpha value is -0.380. The van der Waals surface area contributed by atoms with Crippen molar-refractivity contribution in [1.82, 2.24) is 9.97 Å². The van der Waals surface area contributed by atoms with E-state index in [9.17, 15) is 15.0 Å². The van der Waals surface area contributed by atoms with Crippen molar-refractivity contribution in [3.63, 3.8) is 0 Å². The number of rotatable bonds is 2. The molecule has 4 atom stereocenters. The largest absolute Gasteiger partial charge is 0.387 e. The number of anilines is 2. The van der Waals surface area contributed by atoms with Gasteiger partial charge in [-0.25, -0.2) is 0 Å². The van der Waals surface area contributed by atoms with Gasteiger partial charge in [0, 0.05) is 4.43 Å². The Balaban J connectivity index is 1.96. The summed E-state index contributed by atoms with van der Waals surface area (Å²) < 4.78 is 12.0. The molecule has 3 rings (SSSR count). The number of alkyl halides is 1. The zero-order valence-electron chi connectivity index (χ0n) is 9.90. The van der Waals surface area contributed by atoms with Gasteiger partial charge in [0.15, 0.2) is 17.7 Å². The number of fused-ring (bicyclic) bond motifs is 1. The molecular weight excluding hydrogens is 496 g/mol. The third kappa shape index (κ3) is 2.24. The molecule has 1 fully saturated rings. The lowest BCUT2D eigenvalue weighted by molar-refractivity contribution is 0.0296. The molecule has 20 heavy (non-hydrogen) atoms. The van der Waals surface area contributed by atoms with Crippen LogP contribution in [0.25, 0.3) is 0 Å². The minimum atomic E-state index is -1.07. The van der Waals surface area contributed by atoms with Gasteiger partial charge in [0.2, 0.25) is 5.95 Å². The topological polar surface area (TPSA) is 137 Å². The molecule has 0 radical (unpaired) electrons. The van der Waals surface area contributed by atoms with Gasteiger partial charge in [0.25, 0.3) is 5.56 Å². The van der Waals surface area contributed by atoms with Crippen LogP contribution in [0.4, 0.5) is 17.5 Å². The number of halogens is 2. The number of nitrogen functional groups attached to an aromatic ring is 1. The monoisotopic (exact) mass is 507 g/mol. The van der Waals surface area contributed by atoms with E-state index in [4.69, 9.17) is 10.5 Å². The van der Waals surface area contributed by atoms with Crippen LogP contribution in [0.15, 0.2) is 7.94 Å². The number of nitrogens with zero attached hydrogens (tertiary/aromatic N) is 3. The van der Waals surface area contributed by atoms with E-state index in [1.54, 1.807) is 3.11 Å². The number of aliphatic hydroxyl groups excluding tert-OH is 2. The summed E-state index contributed by atoms with van der Waals surface area (Å²) in [7, 11) is 0. The fourth-order valence-corrected chi connectivity index (χ4v) is 4.88. The third-order valence-electron chi connectivity index (χ3n) is 3.01. The quantitative estimate of drug-likeness (QED) is 0.247. The number of hydrogen-bond donors (Lipinski definition) is 4. The second kappa shape index (κ2) is 5.43. The fourth-order valence-electron chi connectivity index (χ4n) is 2.02. The van der Waals surface area contributed by atoms with Gasteiger partial charge in [-0.1, -0.05) is 22.6 Å². The maximum absolute atomic E-state index is 11.7. The van der Waals surface area contributed by atoms with Gasteiger partial charge < -0.3 is 20.7 Å². The summed E-state index contributed by atoms with van der Waals surface area (Å²) in [6, 6.07) is 0. The highest BCUT2D eigenvalue weighted by Gasteiger charge is 2.47. The van der Waals surface area contributed by atoms with E-state index < -0.39 is 51.4 Å². The number of ether oxygens (including phenoxy) is 1. The van der Waals surface area contributed by atoms with Crippen LogP contribution in [0.1, 0.15) is 0 Å². The summed E-state index contributed by atoms with van der Waals surface area (Å²) in [5, 5.41) is 20.0. The van der Waals surface area contributed by atoms with Crippen LogP contribution in [-0.4, -0.2) is 49.1 Å². The predicted molar refractivity (Wildman–Crippen MR) is 87.4 cm³/mol. The Kier molecular flexibility index (Phi) is 3.95. The molecule has 110 valence electrons. The van der Waals surface area contributed by atoms with Crippen LogP contribution >= 0.6 is 43.9 Å². The Morgan fingerprint density at radius 1 is 1.50 bits per heavy atom. The van der Waals surface area contributed by atoms with Crippen LogP contribution in [0, 0.1) is 0 Å². The molecule has 0 aromatic carbocycles. The Bertz CT molecular complexity index is 623. The molecule has 11 heteroatoms. The predicted octanol–water partition coefficient (Wildman–Crippen LogP) is -0.245. The number of nitrogens with two attached hydrogens (primary N) is 1. The lowest BCUT2D eigenvalue weighted by atomic mass is 10.1. The number of hydrogen-bond acceptors (Lipinski definition) is 8. The van der Waals surface area contributed by atoms with E-state index in [0.29, 0.717) is 10.2 Å². The molecule has 0 bridgehead atoms. The highest BCUT2D eigenvalue weighted by molar-refractivity contribution is 14.2. The molecular formula is C9H11I2N5O4. The smallest absolute Gasteiger partial charge is 0.280 e. The first-order valence-electron chi connectivity index (χ1n) is 5.65. The average molecular weight is 507 g/mol. The molecule has 9 nitrogen and oxygen atoms in total. The third-order valence-corrected chi connectivity index (χ3v) is 6.05. The highest BCUT2D eigenvalue weighted by atomic mass is 127. The lowest BCUT2D eigenvalue weighted by Gasteiger charge is -2.23. The molecule has 0 amide bonds. The van der Waals surface area contributed by atoms with Crippen molar-refractivity contribution in [3.8, 4) is 0 Å². The minimum absolute atomic E-state index is 0.0154. The summed E-state index contributed by atoms with van der Waals surface area (Å²) in [6.07, 6.45) is -3.25. The summed E-state index contributed by atoms with van der Waals surface area (Å²) in [5.41, 5.74) is 5.33. The van der Waals surface area contributed by atoms with Crippen LogP contribution < -0.4 is 14.4 Å². The van der Waals surface area contributed by atoms with Crippen molar-refractivity contribution in [3.05, 3.63) is 10.4 Å². The van der Waals surface area contributed by atoms with Crippen molar-refractivity contribution in [2.75, 3.05) is 13.3 Å². The molecule has 2 aliphatic rings. The Morgan fingerprint density at radius 2 is 2.25 bits per heavy atom. The number of aromatic nitrogens is 2. The van der Waals surface area contributed by atoms with E-state index in [1.807, 2.05) is 0 Å². The van der Waals surface area contributed by atoms with Gasteiger partial charge in [0.05, 0.1) is 6.10 Å². The lowest BCUT2D eigenvalue weighted by Crippen LogP contribution is -2.39. The molecule has 1 saturated heterocycles. The number of nitrogens with one attached hydrogen (secondary N) is 1. The summed E-state index contributed by atoms with van der Waals surface area (Å²) >= 11 is 1.13. The molecule has 3 heterocycles. The maximum atomic E-state index is 11.7. The first-order chi connectivity index (χ1) is 9.52. The summed E-state index contributed by atoms with van der Waals surface area (Å²) in [6.45, 7) is 0. The van der Waals surface area contributed by atoms with Crippen molar-refractivity contribution < 1.29 is 14.9 Å².